The van der Waals surface area contributed by atoms with Crippen LogP contribution in [-0.4, -0.2) is 33.7 Å². The highest BCUT2D eigenvalue weighted by Gasteiger charge is 2.25. The van der Waals surface area contributed by atoms with Crippen LogP contribution in [0.15, 0.2) is 66.1 Å². The second kappa shape index (κ2) is 7.90. The molecule has 1 heterocycles. The lowest BCUT2D eigenvalue weighted by Crippen LogP contribution is -2.27. The molecule has 3 aromatic rings. The van der Waals surface area contributed by atoms with E-state index in [4.69, 9.17) is 0 Å². The van der Waals surface area contributed by atoms with Gasteiger partial charge in [0.05, 0.1) is 11.3 Å². The van der Waals surface area contributed by atoms with Crippen LogP contribution in [0.4, 0.5) is 5.69 Å². The van der Waals surface area contributed by atoms with Crippen molar-refractivity contribution in [3.63, 3.8) is 0 Å². The topological polar surface area (TPSA) is 76.0 Å². The van der Waals surface area contributed by atoms with Gasteiger partial charge in [0.15, 0.2) is 5.16 Å². The van der Waals surface area contributed by atoms with Crippen molar-refractivity contribution in [2.75, 3.05) is 11.6 Å². The third-order valence-electron chi connectivity index (χ3n) is 4.51. The Bertz CT molecular complexity index is 1030. The smallest absolute Gasteiger partial charge is 0.255 e. The number of hydrogen-bond donors (Lipinski definition) is 2. The number of benzene rings is 2. The molecule has 6 nitrogen and oxygen atoms in total. The third-order valence-corrected chi connectivity index (χ3v) is 5.18. The average molecular weight is 392 g/mol. The van der Waals surface area contributed by atoms with Gasteiger partial charge in [-0.1, -0.05) is 30.0 Å². The van der Waals surface area contributed by atoms with Crippen molar-refractivity contribution < 1.29 is 9.59 Å². The Kier molecular flexibility index (Phi) is 5.16. The normalized spacial score (nSPS) is 13.2. The molecule has 1 aliphatic rings. The van der Waals surface area contributed by atoms with E-state index in [-0.39, 0.29) is 17.9 Å². The summed E-state index contributed by atoms with van der Waals surface area (Å²) in [4.78, 5) is 29.6. The van der Waals surface area contributed by atoms with Crippen molar-refractivity contribution in [1.82, 2.24) is 14.9 Å². The van der Waals surface area contributed by atoms with Gasteiger partial charge in [-0.05, 0) is 49.4 Å². The number of imidazole rings is 1. The van der Waals surface area contributed by atoms with Crippen LogP contribution >= 0.6 is 11.8 Å². The zero-order chi connectivity index (χ0) is 19.5. The van der Waals surface area contributed by atoms with Crippen LogP contribution in [0, 0.1) is 0 Å². The Labute approximate surface area is 167 Å². The fourth-order valence-corrected chi connectivity index (χ4v) is 3.44. The van der Waals surface area contributed by atoms with E-state index in [1.165, 1.54) is 11.8 Å². The van der Waals surface area contributed by atoms with Crippen molar-refractivity contribution in [2.24, 2.45) is 0 Å². The number of amides is 2. The average Bonchev–Trinajstić information content (AvgIpc) is 3.40. The summed E-state index contributed by atoms with van der Waals surface area (Å²) in [6, 6.07) is 14.6. The number of carbonyl (C=O) groups excluding carboxylic acids is 2. The molecule has 0 aliphatic heterocycles. The summed E-state index contributed by atoms with van der Waals surface area (Å²) in [5.74, 6) is -0.422. The maximum atomic E-state index is 12.8. The van der Waals surface area contributed by atoms with Gasteiger partial charge in [-0.25, -0.2) is 4.98 Å². The summed E-state index contributed by atoms with van der Waals surface area (Å²) in [7, 11) is 0. The van der Waals surface area contributed by atoms with Crippen LogP contribution in [0.25, 0.3) is 5.69 Å². The minimum absolute atomic E-state index is 0.157. The number of rotatable bonds is 6. The van der Waals surface area contributed by atoms with Gasteiger partial charge in [-0.3, -0.25) is 14.2 Å². The fraction of sp³-hybridized carbons (Fsp3) is 0.190. The first-order valence-electron chi connectivity index (χ1n) is 9.05. The van der Waals surface area contributed by atoms with E-state index in [2.05, 4.69) is 15.6 Å². The Balaban J connectivity index is 1.56. The molecule has 0 unspecified atom stereocenters. The van der Waals surface area contributed by atoms with Crippen molar-refractivity contribution in [3.05, 3.63) is 72.1 Å². The molecule has 0 radical (unpaired) electrons. The lowest BCUT2D eigenvalue weighted by atomic mass is 10.1. The summed E-state index contributed by atoms with van der Waals surface area (Å²) in [5.41, 5.74) is 2.34. The first-order chi connectivity index (χ1) is 13.7. The van der Waals surface area contributed by atoms with Crippen LogP contribution in [0.2, 0.25) is 0 Å². The molecule has 0 spiro atoms. The number of nitrogens with zero attached hydrogens (tertiary/aromatic N) is 2. The monoisotopic (exact) mass is 392 g/mol. The highest BCUT2D eigenvalue weighted by Crippen LogP contribution is 2.23. The molecular formula is C21H20N4O2S. The van der Waals surface area contributed by atoms with E-state index in [9.17, 15) is 9.59 Å². The summed E-state index contributed by atoms with van der Waals surface area (Å²) >= 11 is 1.54. The van der Waals surface area contributed by atoms with Crippen molar-refractivity contribution in [2.45, 2.75) is 24.0 Å². The summed E-state index contributed by atoms with van der Waals surface area (Å²) in [5, 5.41) is 6.68. The largest absolute Gasteiger partial charge is 0.349 e. The molecule has 1 fully saturated rings. The molecule has 7 heteroatoms. The Morgan fingerprint density at radius 2 is 1.93 bits per heavy atom. The first-order valence-corrected chi connectivity index (χ1v) is 10.3. The molecule has 28 heavy (non-hydrogen) atoms. The molecule has 0 saturated heterocycles. The van der Waals surface area contributed by atoms with Crippen LogP contribution < -0.4 is 10.6 Å². The van der Waals surface area contributed by atoms with Crippen molar-refractivity contribution >= 4 is 29.3 Å². The van der Waals surface area contributed by atoms with E-state index in [0.717, 1.165) is 23.7 Å². The molecule has 1 aliphatic carbocycles. The Morgan fingerprint density at radius 1 is 1.11 bits per heavy atom. The van der Waals surface area contributed by atoms with E-state index in [1.807, 2.05) is 35.2 Å². The van der Waals surface area contributed by atoms with Crippen LogP contribution in [0.3, 0.4) is 0 Å². The van der Waals surface area contributed by atoms with Crippen molar-refractivity contribution in [3.8, 4) is 5.69 Å². The van der Waals surface area contributed by atoms with Crippen molar-refractivity contribution in [1.29, 1.82) is 0 Å². The minimum atomic E-state index is -0.265. The molecular weight excluding hydrogens is 372 g/mol. The number of nitrogens with one attached hydrogen (secondary N) is 2. The fourth-order valence-electron chi connectivity index (χ4n) is 2.91. The second-order valence-electron chi connectivity index (χ2n) is 6.58. The molecule has 2 N–H and O–H groups in total. The maximum Gasteiger partial charge on any atom is 0.255 e. The quantitative estimate of drug-likeness (QED) is 0.627. The number of carbonyl (C=O) groups is 2. The molecule has 1 saturated carbocycles. The molecule has 0 atom stereocenters. The Hall–Kier alpha value is -3.06. The second-order valence-corrected chi connectivity index (χ2v) is 7.36. The van der Waals surface area contributed by atoms with Gasteiger partial charge in [0.2, 0.25) is 0 Å². The number of thioether (sulfide) groups is 1. The van der Waals surface area contributed by atoms with Gasteiger partial charge in [-0.15, -0.1) is 0 Å². The van der Waals surface area contributed by atoms with Crippen LogP contribution in [0.5, 0.6) is 0 Å². The lowest BCUT2D eigenvalue weighted by Gasteiger charge is -2.12. The van der Waals surface area contributed by atoms with Gasteiger partial charge in [0.1, 0.15) is 0 Å². The predicted octanol–water partition coefficient (Wildman–Crippen LogP) is 3.74. The van der Waals surface area contributed by atoms with Crippen LogP contribution in [-0.2, 0) is 0 Å². The summed E-state index contributed by atoms with van der Waals surface area (Å²) in [6.45, 7) is 0. The number of hydrogen-bond acceptors (Lipinski definition) is 4. The van der Waals surface area contributed by atoms with Crippen LogP contribution in [0.1, 0.15) is 33.6 Å². The standard InChI is InChI=1S/C21H20N4O2S/c1-28-21-22-11-12-25(21)16-6-4-5-14(13-16)19(26)24-18-8-3-2-7-17(18)20(27)23-15-9-10-15/h2-8,11-13,15H,9-10H2,1H3,(H,23,27)(H,24,26). The minimum Gasteiger partial charge on any atom is -0.349 e. The van der Waals surface area contributed by atoms with Gasteiger partial charge in [0.25, 0.3) is 11.8 Å². The lowest BCUT2D eigenvalue weighted by molar-refractivity contribution is 0.0952. The third kappa shape index (κ3) is 3.94. The van der Waals surface area contributed by atoms with E-state index >= 15 is 0 Å². The molecule has 1 aromatic heterocycles. The highest BCUT2D eigenvalue weighted by atomic mass is 32.2. The van der Waals surface area contributed by atoms with E-state index < -0.39 is 0 Å². The number of para-hydroxylation sites is 1. The van der Waals surface area contributed by atoms with Gasteiger partial charge < -0.3 is 10.6 Å². The molecule has 2 aromatic carbocycles. The zero-order valence-electron chi connectivity index (χ0n) is 15.4. The molecule has 0 bridgehead atoms. The summed E-state index contributed by atoms with van der Waals surface area (Å²) < 4.78 is 1.93. The molecule has 4 rings (SSSR count). The van der Waals surface area contributed by atoms with E-state index in [1.54, 1.807) is 36.5 Å². The summed E-state index contributed by atoms with van der Waals surface area (Å²) in [6.07, 6.45) is 7.57. The first kappa shape index (κ1) is 18.3. The number of aromatic nitrogens is 2. The van der Waals surface area contributed by atoms with Gasteiger partial charge in [-0.2, -0.15) is 0 Å². The maximum absolute atomic E-state index is 12.8. The zero-order valence-corrected chi connectivity index (χ0v) is 16.2. The van der Waals surface area contributed by atoms with Gasteiger partial charge >= 0.3 is 0 Å². The number of anilines is 1. The molecule has 2 amide bonds. The van der Waals surface area contributed by atoms with Gasteiger partial charge in [0, 0.05) is 29.7 Å². The van der Waals surface area contributed by atoms with E-state index in [0.29, 0.717) is 16.8 Å². The highest BCUT2D eigenvalue weighted by molar-refractivity contribution is 7.98. The SMILES string of the molecule is CSc1nccn1-c1cccc(C(=O)Nc2ccccc2C(=O)NC2CC2)c1. The molecule has 142 valence electrons. The Morgan fingerprint density at radius 3 is 2.71 bits per heavy atom. The predicted molar refractivity (Wildman–Crippen MR) is 110 cm³/mol.